The quantitative estimate of drug-likeness (QED) is 0.484. The van der Waals surface area contributed by atoms with Crippen molar-refractivity contribution in [3.05, 3.63) is 35.2 Å². The molecule has 0 saturated heterocycles. The summed E-state index contributed by atoms with van der Waals surface area (Å²) in [6.45, 7) is 7.16. The molecule has 0 spiro atoms. The number of likely N-dealkylation sites (N-methyl/N-ethyl adjacent to an activating group) is 1. The van der Waals surface area contributed by atoms with Crippen LogP contribution in [-0.2, 0) is 21.2 Å². The van der Waals surface area contributed by atoms with Crippen LogP contribution in [0.2, 0.25) is 0 Å². The normalized spacial score (nSPS) is 19.4. The zero-order valence-electron chi connectivity index (χ0n) is 21.9. The third-order valence-electron chi connectivity index (χ3n) is 6.45. The number of aromatic nitrogens is 1. The van der Waals surface area contributed by atoms with Crippen molar-refractivity contribution in [3.63, 3.8) is 0 Å². The van der Waals surface area contributed by atoms with Crippen molar-refractivity contribution in [2.24, 2.45) is 5.92 Å². The van der Waals surface area contributed by atoms with Crippen LogP contribution in [0.1, 0.15) is 30.9 Å². The number of anilines is 2. The summed E-state index contributed by atoms with van der Waals surface area (Å²) >= 11 is 0. The van der Waals surface area contributed by atoms with E-state index in [0.29, 0.717) is 34.1 Å². The molecule has 204 valence electrons. The summed E-state index contributed by atoms with van der Waals surface area (Å²) in [6, 6.07) is 3.99. The summed E-state index contributed by atoms with van der Waals surface area (Å²) in [5.74, 6) is 0.431. The van der Waals surface area contributed by atoms with Crippen LogP contribution >= 0.6 is 0 Å². The lowest BCUT2D eigenvalue weighted by molar-refractivity contribution is -0.134. The number of fused-ring (bicyclic) bond motifs is 1. The number of hydrogen-bond acceptors (Lipinski definition) is 8. The number of ether oxygens (including phenoxy) is 1. The predicted octanol–water partition coefficient (Wildman–Crippen LogP) is 1.98. The van der Waals surface area contributed by atoms with Crippen LogP contribution in [0.5, 0.6) is 5.75 Å². The minimum atomic E-state index is -3.46. The second kappa shape index (κ2) is 11.5. The van der Waals surface area contributed by atoms with Crippen molar-refractivity contribution in [3.8, 4) is 5.75 Å². The minimum Gasteiger partial charge on any atom is -0.488 e. The maximum Gasteiger partial charge on any atom is 0.323 e. The fourth-order valence-electron chi connectivity index (χ4n) is 4.05. The number of hydrogen-bond donors (Lipinski definition) is 3. The van der Waals surface area contributed by atoms with E-state index in [9.17, 15) is 23.1 Å². The van der Waals surface area contributed by atoms with Gasteiger partial charge < -0.3 is 29.9 Å². The van der Waals surface area contributed by atoms with Crippen LogP contribution in [-0.4, -0.2) is 85.0 Å². The molecule has 0 bridgehead atoms. The maximum absolute atomic E-state index is 13.3. The first-order valence-electron chi connectivity index (χ1n) is 11.9. The van der Waals surface area contributed by atoms with Gasteiger partial charge in [0.25, 0.3) is 0 Å². The molecule has 1 aromatic heterocycles. The number of aryl methyl sites for hydroxylation is 2. The number of carbonyl (C=O) groups is 2. The number of aliphatic hydroxyl groups is 1. The summed E-state index contributed by atoms with van der Waals surface area (Å²) in [5, 5.41) is 19.0. The van der Waals surface area contributed by atoms with Crippen molar-refractivity contribution in [2.45, 2.75) is 46.3 Å². The molecule has 37 heavy (non-hydrogen) atoms. The van der Waals surface area contributed by atoms with Gasteiger partial charge in [-0.15, -0.1) is 0 Å². The van der Waals surface area contributed by atoms with Crippen LogP contribution < -0.4 is 15.4 Å². The van der Waals surface area contributed by atoms with E-state index in [1.807, 2.05) is 6.92 Å². The van der Waals surface area contributed by atoms with Crippen molar-refractivity contribution >= 4 is 33.3 Å². The number of nitrogens with one attached hydrogen (secondary N) is 2. The number of sulfonamides is 1. The second-order valence-corrected chi connectivity index (χ2v) is 11.6. The van der Waals surface area contributed by atoms with Crippen molar-refractivity contribution < 1.29 is 32.4 Å². The zero-order chi connectivity index (χ0) is 27.5. The van der Waals surface area contributed by atoms with Crippen LogP contribution in [0.15, 0.2) is 22.7 Å². The van der Waals surface area contributed by atoms with Gasteiger partial charge in [-0.2, -0.15) is 0 Å². The molecule has 2 heterocycles. The minimum absolute atomic E-state index is 0.0258. The Morgan fingerprint density at radius 1 is 1.32 bits per heavy atom. The fourth-order valence-corrected chi connectivity index (χ4v) is 4.47. The lowest BCUT2D eigenvalue weighted by Gasteiger charge is -2.33. The number of nitrogens with zero attached hydrogens (tertiary/aromatic N) is 3. The maximum atomic E-state index is 13.3. The molecule has 3 N–H and O–H groups in total. The summed E-state index contributed by atoms with van der Waals surface area (Å²) < 4.78 is 36.7. The van der Waals surface area contributed by atoms with Gasteiger partial charge in [0, 0.05) is 30.8 Å². The standard InChI is InChI=1S/C24H35N5O7S/c1-14-11-29(15(2)13-30)22(31)10-18-9-19(25-24(32)26-23-16(3)27-36-17(23)4)7-8-20(18)35-21(14)12-28(5)37(6,33)34/h7-9,14-15,21,30H,10-13H2,1-6H3,(H2,25,26,32)/t14-,15-,21-/m0/s1. The van der Waals surface area contributed by atoms with Crippen molar-refractivity contribution in [2.75, 3.05) is 43.6 Å². The highest BCUT2D eigenvalue weighted by atomic mass is 32.2. The molecule has 12 nitrogen and oxygen atoms in total. The third kappa shape index (κ3) is 6.99. The van der Waals surface area contributed by atoms with Crippen molar-refractivity contribution in [1.29, 1.82) is 0 Å². The Kier molecular flexibility index (Phi) is 8.82. The molecule has 0 fully saturated rings. The predicted molar refractivity (Wildman–Crippen MR) is 138 cm³/mol. The summed E-state index contributed by atoms with van der Waals surface area (Å²) in [5.41, 5.74) is 1.97. The molecule has 3 rings (SSSR count). The SMILES string of the molecule is Cc1noc(C)c1NC(=O)Nc1ccc2c(c1)CC(=O)N([C@@H](C)CO)C[C@H](C)[C@H](CN(C)S(C)(=O)=O)O2. The van der Waals surface area contributed by atoms with Crippen LogP contribution in [0.3, 0.4) is 0 Å². The van der Waals surface area contributed by atoms with E-state index in [1.165, 1.54) is 11.4 Å². The number of benzene rings is 1. The Hall–Kier alpha value is -3.16. The molecule has 0 aliphatic carbocycles. The van der Waals surface area contributed by atoms with Gasteiger partial charge >= 0.3 is 6.03 Å². The highest BCUT2D eigenvalue weighted by Crippen LogP contribution is 2.29. The number of rotatable bonds is 7. The number of carbonyl (C=O) groups excluding carboxylic acids is 2. The lowest BCUT2D eigenvalue weighted by Crippen LogP contribution is -2.48. The Bertz CT molecular complexity index is 1230. The van der Waals surface area contributed by atoms with Gasteiger partial charge in [-0.1, -0.05) is 12.1 Å². The number of amides is 3. The molecule has 13 heteroatoms. The smallest absolute Gasteiger partial charge is 0.323 e. The Labute approximate surface area is 217 Å². The molecule has 3 atom stereocenters. The van der Waals surface area contributed by atoms with E-state index in [2.05, 4.69) is 15.8 Å². The number of aliphatic hydroxyl groups excluding tert-OH is 1. The van der Waals surface area contributed by atoms with Gasteiger partial charge in [-0.05, 0) is 39.0 Å². The van der Waals surface area contributed by atoms with Gasteiger partial charge in [-0.25, -0.2) is 17.5 Å². The molecule has 0 radical (unpaired) electrons. The highest BCUT2D eigenvalue weighted by Gasteiger charge is 2.32. The molecule has 2 aromatic rings. The van der Waals surface area contributed by atoms with Gasteiger partial charge in [0.2, 0.25) is 15.9 Å². The topological polar surface area (TPSA) is 154 Å². The van der Waals surface area contributed by atoms with Gasteiger partial charge in [0.05, 0.1) is 31.9 Å². The first-order valence-corrected chi connectivity index (χ1v) is 13.8. The molecular formula is C24H35N5O7S. The summed E-state index contributed by atoms with van der Waals surface area (Å²) in [4.78, 5) is 27.5. The van der Waals surface area contributed by atoms with E-state index in [1.54, 1.807) is 43.9 Å². The third-order valence-corrected chi connectivity index (χ3v) is 7.73. The van der Waals surface area contributed by atoms with Crippen LogP contribution in [0.4, 0.5) is 16.2 Å². The Morgan fingerprint density at radius 3 is 2.62 bits per heavy atom. The van der Waals surface area contributed by atoms with Gasteiger partial charge in [0.1, 0.15) is 23.2 Å². The molecule has 0 saturated carbocycles. The first kappa shape index (κ1) is 28.4. The van der Waals surface area contributed by atoms with E-state index in [0.717, 1.165) is 6.26 Å². The highest BCUT2D eigenvalue weighted by molar-refractivity contribution is 7.88. The van der Waals surface area contributed by atoms with Crippen molar-refractivity contribution in [1.82, 2.24) is 14.4 Å². The van der Waals surface area contributed by atoms with Gasteiger partial charge in [-0.3, -0.25) is 4.79 Å². The molecule has 1 aliphatic heterocycles. The van der Waals surface area contributed by atoms with E-state index in [-0.39, 0.29) is 37.9 Å². The first-order chi connectivity index (χ1) is 17.3. The molecule has 0 unspecified atom stereocenters. The monoisotopic (exact) mass is 537 g/mol. The van der Waals surface area contributed by atoms with E-state index in [4.69, 9.17) is 9.26 Å². The van der Waals surface area contributed by atoms with E-state index >= 15 is 0 Å². The zero-order valence-corrected chi connectivity index (χ0v) is 22.8. The molecule has 3 amide bonds. The lowest BCUT2D eigenvalue weighted by atomic mass is 10.0. The molecule has 1 aliphatic rings. The number of urea groups is 1. The summed E-state index contributed by atoms with van der Waals surface area (Å²) in [7, 11) is -1.98. The summed E-state index contributed by atoms with van der Waals surface area (Å²) in [6.07, 6.45) is 0.525. The Morgan fingerprint density at radius 2 is 2.03 bits per heavy atom. The largest absolute Gasteiger partial charge is 0.488 e. The average Bonchev–Trinajstić information content (AvgIpc) is 3.15. The van der Waals surface area contributed by atoms with E-state index < -0.39 is 28.2 Å². The van der Waals surface area contributed by atoms with Gasteiger partial charge in [0.15, 0.2) is 5.76 Å². The Balaban J connectivity index is 1.91. The molecular weight excluding hydrogens is 502 g/mol. The fraction of sp³-hybridized carbons (Fsp3) is 0.542. The molecule has 1 aromatic carbocycles. The van der Waals surface area contributed by atoms with Crippen LogP contribution in [0, 0.1) is 19.8 Å². The van der Waals surface area contributed by atoms with Crippen LogP contribution in [0.25, 0.3) is 0 Å². The second-order valence-electron chi connectivity index (χ2n) is 9.53. The average molecular weight is 538 g/mol.